The van der Waals surface area contributed by atoms with Crippen LogP contribution in [0.25, 0.3) is 10.9 Å². The summed E-state index contributed by atoms with van der Waals surface area (Å²) in [6.07, 6.45) is 0.863. The van der Waals surface area contributed by atoms with Crippen molar-refractivity contribution in [3.8, 4) is 11.5 Å². The van der Waals surface area contributed by atoms with Crippen LogP contribution in [0.15, 0.2) is 66.7 Å². The van der Waals surface area contributed by atoms with Gasteiger partial charge in [-0.2, -0.15) is 0 Å². The van der Waals surface area contributed by atoms with Gasteiger partial charge in [0.1, 0.15) is 17.2 Å². The van der Waals surface area contributed by atoms with Gasteiger partial charge in [0.25, 0.3) is 5.91 Å². The van der Waals surface area contributed by atoms with Gasteiger partial charge in [0.2, 0.25) is 0 Å². The topological polar surface area (TPSA) is 127 Å². The van der Waals surface area contributed by atoms with Crippen LogP contribution in [0, 0.1) is 0 Å². The summed E-state index contributed by atoms with van der Waals surface area (Å²) in [7, 11) is 1.61. The molecule has 0 bridgehead atoms. The van der Waals surface area contributed by atoms with E-state index in [2.05, 4.69) is 28.6 Å². The summed E-state index contributed by atoms with van der Waals surface area (Å²) in [5, 5.41) is 37.0. The molecule has 0 saturated heterocycles. The predicted octanol–water partition coefficient (Wildman–Crippen LogP) is 3.95. The molecule has 6 N–H and O–H groups in total. The number of fused-ring (bicyclic) bond motifs is 1. The Bertz CT molecular complexity index is 1380. The van der Waals surface area contributed by atoms with Crippen LogP contribution >= 0.6 is 0 Å². The maximum atomic E-state index is 12.8. The summed E-state index contributed by atoms with van der Waals surface area (Å²) < 4.78 is 5.36. The number of aromatic hydroxyl groups is 1. The van der Waals surface area contributed by atoms with Crippen molar-refractivity contribution in [3.63, 3.8) is 0 Å². The molecular weight excluding hydrogens is 482 g/mol. The normalized spacial score (nSPS) is 12.8. The number of methoxy groups -OCH3 is 1. The molecule has 1 aromatic heterocycles. The number of benzene rings is 3. The molecule has 38 heavy (non-hydrogen) atoms. The number of hydrogen-bond donors (Lipinski definition) is 6. The maximum absolute atomic E-state index is 12.8. The van der Waals surface area contributed by atoms with Gasteiger partial charge >= 0.3 is 0 Å². The fourth-order valence-corrected chi connectivity index (χ4v) is 4.53. The second kappa shape index (κ2) is 12.6. The Labute approximate surface area is 222 Å². The molecule has 0 aliphatic heterocycles. The van der Waals surface area contributed by atoms with E-state index < -0.39 is 6.10 Å². The molecule has 0 unspecified atom stereocenters. The Morgan fingerprint density at radius 1 is 1.05 bits per heavy atom. The van der Waals surface area contributed by atoms with Crippen molar-refractivity contribution in [2.45, 2.75) is 45.1 Å². The third-order valence-electron chi connectivity index (χ3n) is 6.80. The van der Waals surface area contributed by atoms with Gasteiger partial charge in [0, 0.05) is 41.2 Å². The number of rotatable bonds is 12. The van der Waals surface area contributed by atoms with E-state index in [1.807, 2.05) is 42.5 Å². The van der Waals surface area contributed by atoms with Crippen LogP contribution in [-0.2, 0) is 19.6 Å². The van der Waals surface area contributed by atoms with Crippen molar-refractivity contribution in [1.29, 1.82) is 0 Å². The summed E-state index contributed by atoms with van der Waals surface area (Å²) in [4.78, 5) is 16.0. The maximum Gasteiger partial charge on any atom is 0.267 e. The SMILES string of the molecule is CC[C@H](Cc1ccc2[nH]c(C(=O)NCc3ccccc3OC)cc2c1)NC[C@H](O)c1ccc(O)c(CO)c1. The van der Waals surface area contributed by atoms with Gasteiger partial charge in [0.05, 0.1) is 19.8 Å². The Balaban J connectivity index is 1.36. The van der Waals surface area contributed by atoms with Gasteiger partial charge in [0.15, 0.2) is 0 Å². The monoisotopic (exact) mass is 517 g/mol. The minimum Gasteiger partial charge on any atom is -0.508 e. The Hall–Kier alpha value is -3.85. The van der Waals surface area contributed by atoms with Crippen molar-refractivity contribution in [1.82, 2.24) is 15.6 Å². The highest BCUT2D eigenvalue weighted by Gasteiger charge is 2.15. The molecule has 0 fully saturated rings. The number of carbonyl (C=O) groups is 1. The molecule has 0 radical (unpaired) electrons. The number of aromatic amines is 1. The minimum absolute atomic E-state index is 0.0139. The number of aromatic nitrogens is 1. The zero-order chi connectivity index (χ0) is 27.1. The highest BCUT2D eigenvalue weighted by atomic mass is 16.5. The number of H-pyrrole nitrogens is 1. The highest BCUT2D eigenvalue weighted by molar-refractivity contribution is 5.98. The number of aliphatic hydroxyl groups is 2. The molecular formula is C30H35N3O5. The van der Waals surface area contributed by atoms with E-state index in [0.717, 1.165) is 40.6 Å². The Morgan fingerprint density at radius 2 is 1.87 bits per heavy atom. The van der Waals surface area contributed by atoms with Crippen molar-refractivity contribution >= 4 is 16.8 Å². The van der Waals surface area contributed by atoms with E-state index in [4.69, 9.17) is 4.74 Å². The van der Waals surface area contributed by atoms with E-state index >= 15 is 0 Å². The van der Waals surface area contributed by atoms with Crippen molar-refractivity contribution in [2.75, 3.05) is 13.7 Å². The average molecular weight is 518 g/mol. The molecule has 0 saturated carbocycles. The van der Waals surface area contributed by atoms with Gasteiger partial charge < -0.3 is 35.7 Å². The van der Waals surface area contributed by atoms with Gasteiger partial charge in [-0.3, -0.25) is 4.79 Å². The largest absolute Gasteiger partial charge is 0.508 e. The number of phenols is 1. The van der Waals surface area contributed by atoms with E-state index in [9.17, 15) is 20.1 Å². The van der Waals surface area contributed by atoms with Crippen molar-refractivity contribution in [2.24, 2.45) is 0 Å². The van der Waals surface area contributed by atoms with Crippen LogP contribution in [-0.4, -0.2) is 45.9 Å². The lowest BCUT2D eigenvalue weighted by Gasteiger charge is -2.20. The van der Waals surface area contributed by atoms with Crippen LogP contribution in [0.5, 0.6) is 11.5 Å². The van der Waals surface area contributed by atoms with Gasteiger partial charge in [-0.1, -0.05) is 37.3 Å². The quantitative estimate of drug-likeness (QED) is 0.169. The van der Waals surface area contributed by atoms with Crippen LogP contribution in [0.3, 0.4) is 0 Å². The third kappa shape index (κ3) is 6.52. The third-order valence-corrected chi connectivity index (χ3v) is 6.80. The van der Waals surface area contributed by atoms with Crippen molar-refractivity contribution < 1.29 is 24.9 Å². The standard InChI is InChI=1S/C30H35N3O5/c1-3-24(31-17-28(36)20-9-11-27(35)23(14-20)18-34)13-19-8-10-25-22(12-19)15-26(33-25)30(37)32-16-21-6-4-5-7-29(21)38-2/h4-12,14-15,24,28,31,33-36H,3,13,16-18H2,1-2H3,(H,32,37)/t24-,28+/m1/s1. The summed E-state index contributed by atoms with van der Waals surface area (Å²) in [6, 6.07) is 20.5. The molecule has 0 aliphatic carbocycles. The fraction of sp³-hybridized carbons (Fsp3) is 0.300. The number of ether oxygens (including phenoxy) is 1. The number of nitrogens with one attached hydrogen (secondary N) is 3. The lowest BCUT2D eigenvalue weighted by molar-refractivity contribution is 0.0946. The van der Waals surface area contributed by atoms with E-state index in [0.29, 0.717) is 29.9 Å². The summed E-state index contributed by atoms with van der Waals surface area (Å²) in [5.41, 5.74) is 4.44. The number of carbonyl (C=O) groups excluding carboxylic acids is 1. The van der Waals surface area contributed by atoms with Gasteiger partial charge in [-0.05, 0) is 60.4 Å². The second-order valence-electron chi connectivity index (χ2n) is 9.38. The molecule has 8 nitrogen and oxygen atoms in total. The fourth-order valence-electron chi connectivity index (χ4n) is 4.53. The molecule has 4 rings (SSSR count). The predicted molar refractivity (Wildman–Crippen MR) is 147 cm³/mol. The van der Waals surface area contributed by atoms with Crippen LogP contribution in [0.2, 0.25) is 0 Å². The first kappa shape index (κ1) is 27.2. The Morgan fingerprint density at radius 3 is 2.63 bits per heavy atom. The molecule has 200 valence electrons. The van der Waals surface area contributed by atoms with Gasteiger partial charge in [-0.25, -0.2) is 0 Å². The van der Waals surface area contributed by atoms with E-state index in [-0.39, 0.29) is 24.3 Å². The van der Waals surface area contributed by atoms with E-state index in [1.54, 1.807) is 19.2 Å². The van der Waals surface area contributed by atoms with Crippen LogP contribution in [0.1, 0.15) is 52.2 Å². The molecule has 1 heterocycles. The van der Waals surface area contributed by atoms with Crippen molar-refractivity contribution in [3.05, 3.63) is 94.7 Å². The lowest BCUT2D eigenvalue weighted by Crippen LogP contribution is -2.34. The molecule has 1 amide bonds. The number of amides is 1. The van der Waals surface area contributed by atoms with Gasteiger partial charge in [-0.15, -0.1) is 0 Å². The Kier molecular flexibility index (Phi) is 9.02. The zero-order valence-corrected chi connectivity index (χ0v) is 21.7. The average Bonchev–Trinajstić information content (AvgIpc) is 3.37. The first-order valence-corrected chi connectivity index (χ1v) is 12.8. The molecule has 0 spiro atoms. The molecule has 8 heteroatoms. The smallest absolute Gasteiger partial charge is 0.267 e. The summed E-state index contributed by atoms with van der Waals surface area (Å²) in [5.74, 6) is 0.563. The molecule has 2 atom stereocenters. The first-order chi connectivity index (χ1) is 18.4. The lowest BCUT2D eigenvalue weighted by atomic mass is 10.0. The summed E-state index contributed by atoms with van der Waals surface area (Å²) in [6.45, 7) is 2.51. The molecule has 3 aromatic carbocycles. The summed E-state index contributed by atoms with van der Waals surface area (Å²) >= 11 is 0. The van der Waals surface area contributed by atoms with Crippen LogP contribution in [0.4, 0.5) is 0 Å². The molecule has 0 aliphatic rings. The van der Waals surface area contributed by atoms with E-state index in [1.165, 1.54) is 6.07 Å². The molecule has 4 aromatic rings. The number of para-hydroxylation sites is 1. The zero-order valence-electron chi connectivity index (χ0n) is 21.7. The number of aliphatic hydroxyl groups excluding tert-OH is 2. The number of hydrogen-bond acceptors (Lipinski definition) is 6. The van der Waals surface area contributed by atoms with Crippen LogP contribution < -0.4 is 15.4 Å². The highest BCUT2D eigenvalue weighted by Crippen LogP contribution is 2.23. The minimum atomic E-state index is -0.765. The first-order valence-electron chi connectivity index (χ1n) is 12.8. The second-order valence-corrected chi connectivity index (χ2v) is 9.38.